The number of carbonyl (C=O) groups is 2. The molecule has 0 saturated carbocycles. The largest absolute Gasteiger partial charge is 0.503 e. The molecule has 8 heteroatoms. The lowest BCUT2D eigenvalue weighted by atomic mass is 9.94. The van der Waals surface area contributed by atoms with Crippen molar-refractivity contribution in [1.82, 2.24) is 4.98 Å². The minimum Gasteiger partial charge on any atom is -0.503 e. The predicted octanol–water partition coefficient (Wildman–Crippen LogP) is 6.87. The van der Waals surface area contributed by atoms with Crippen LogP contribution in [0, 0.1) is 13.8 Å². The van der Waals surface area contributed by atoms with Crippen LogP contribution >= 0.6 is 22.9 Å². The van der Waals surface area contributed by atoms with E-state index < -0.39 is 23.5 Å². The number of Topliss-reactive ketones (excluding diaryl/α,β-unsaturated/α-hetero) is 1. The Morgan fingerprint density at radius 2 is 1.81 bits per heavy atom. The zero-order valence-electron chi connectivity index (χ0n) is 20.4. The molecule has 6 nitrogen and oxygen atoms in total. The SMILES string of the molecule is COc1cccc(C2C(C(=O)c3sc(-c4ccccc4)nc3C)=C(O)C(=O)N2c2ccc(C)c(Cl)c2)c1. The predicted molar refractivity (Wildman–Crippen MR) is 146 cm³/mol. The van der Waals surface area contributed by atoms with E-state index >= 15 is 0 Å². The first-order valence-electron chi connectivity index (χ1n) is 11.5. The fourth-order valence-electron chi connectivity index (χ4n) is 4.40. The second-order valence-corrected chi connectivity index (χ2v) is 10.1. The maximum Gasteiger partial charge on any atom is 0.294 e. The number of methoxy groups -OCH3 is 1. The normalized spacial score (nSPS) is 15.4. The van der Waals surface area contributed by atoms with Crippen LogP contribution in [0.5, 0.6) is 5.75 Å². The average Bonchev–Trinajstić information content (AvgIpc) is 3.43. The monoisotopic (exact) mass is 530 g/mol. The molecule has 186 valence electrons. The van der Waals surface area contributed by atoms with Crippen molar-refractivity contribution in [1.29, 1.82) is 0 Å². The number of thiazole rings is 1. The molecule has 0 aliphatic carbocycles. The Bertz CT molecular complexity index is 1560. The number of carbonyl (C=O) groups excluding carboxylic acids is 2. The number of aryl methyl sites for hydroxylation is 2. The number of rotatable bonds is 6. The van der Waals surface area contributed by atoms with Crippen molar-refractivity contribution in [2.45, 2.75) is 19.9 Å². The van der Waals surface area contributed by atoms with Crippen LogP contribution in [0.2, 0.25) is 5.02 Å². The molecule has 4 aromatic rings. The Hall–Kier alpha value is -3.94. The number of ketones is 1. The number of nitrogens with zero attached hydrogens (tertiary/aromatic N) is 2. The first-order valence-corrected chi connectivity index (χ1v) is 12.7. The van der Waals surface area contributed by atoms with Gasteiger partial charge in [-0.3, -0.25) is 14.5 Å². The highest BCUT2D eigenvalue weighted by Crippen LogP contribution is 2.44. The molecular formula is C29H23ClN2O4S. The molecule has 2 heterocycles. The molecule has 1 amide bonds. The summed E-state index contributed by atoms with van der Waals surface area (Å²) in [5.74, 6) is -1.16. The van der Waals surface area contributed by atoms with Gasteiger partial charge in [-0.25, -0.2) is 4.98 Å². The van der Waals surface area contributed by atoms with Crippen LogP contribution in [0.15, 0.2) is 84.1 Å². The molecule has 1 aromatic heterocycles. The number of hydrogen-bond donors (Lipinski definition) is 1. The van der Waals surface area contributed by atoms with Crippen LogP contribution in [0.25, 0.3) is 10.6 Å². The lowest BCUT2D eigenvalue weighted by Gasteiger charge is -2.27. The highest BCUT2D eigenvalue weighted by atomic mass is 35.5. The summed E-state index contributed by atoms with van der Waals surface area (Å²) >= 11 is 7.62. The molecule has 0 radical (unpaired) electrons. The number of anilines is 1. The van der Waals surface area contributed by atoms with Gasteiger partial charge in [0.2, 0.25) is 5.78 Å². The van der Waals surface area contributed by atoms with Gasteiger partial charge in [0.05, 0.1) is 29.3 Å². The maximum atomic E-state index is 14.0. The van der Waals surface area contributed by atoms with Crippen LogP contribution in [0.3, 0.4) is 0 Å². The number of amides is 1. The van der Waals surface area contributed by atoms with Gasteiger partial charge in [-0.15, -0.1) is 11.3 Å². The summed E-state index contributed by atoms with van der Waals surface area (Å²) in [5.41, 5.74) is 3.33. The van der Waals surface area contributed by atoms with E-state index in [1.807, 2.05) is 37.3 Å². The first kappa shape index (κ1) is 24.7. The summed E-state index contributed by atoms with van der Waals surface area (Å²) in [5, 5.41) is 12.3. The minimum atomic E-state index is -0.893. The Morgan fingerprint density at radius 1 is 1.05 bits per heavy atom. The molecule has 1 unspecified atom stereocenters. The fraction of sp³-hybridized carbons (Fsp3) is 0.138. The molecule has 0 spiro atoms. The second-order valence-electron chi connectivity index (χ2n) is 8.68. The third-order valence-electron chi connectivity index (χ3n) is 6.32. The van der Waals surface area contributed by atoms with E-state index in [1.54, 1.807) is 56.5 Å². The van der Waals surface area contributed by atoms with Gasteiger partial charge < -0.3 is 9.84 Å². The van der Waals surface area contributed by atoms with Crippen molar-refractivity contribution in [2.24, 2.45) is 0 Å². The Kier molecular flexibility index (Phi) is 6.58. The van der Waals surface area contributed by atoms with Gasteiger partial charge in [-0.1, -0.05) is 60.1 Å². The Labute approximate surface area is 223 Å². The van der Waals surface area contributed by atoms with Crippen LogP contribution in [0.4, 0.5) is 5.69 Å². The van der Waals surface area contributed by atoms with Crippen LogP contribution in [0.1, 0.15) is 32.5 Å². The van der Waals surface area contributed by atoms with Gasteiger partial charge in [0, 0.05) is 16.3 Å². The number of aliphatic hydroxyl groups is 1. The van der Waals surface area contributed by atoms with Gasteiger partial charge in [-0.05, 0) is 49.2 Å². The Morgan fingerprint density at radius 3 is 2.51 bits per heavy atom. The topological polar surface area (TPSA) is 79.7 Å². The van der Waals surface area contributed by atoms with Crippen molar-refractivity contribution in [3.8, 4) is 16.3 Å². The minimum absolute atomic E-state index is 0.0127. The maximum absolute atomic E-state index is 14.0. The number of halogens is 1. The molecule has 0 bridgehead atoms. The zero-order chi connectivity index (χ0) is 26.3. The van der Waals surface area contributed by atoms with Gasteiger partial charge in [0.1, 0.15) is 10.8 Å². The lowest BCUT2D eigenvalue weighted by Crippen LogP contribution is -2.31. The number of aliphatic hydroxyl groups excluding tert-OH is 1. The van der Waals surface area contributed by atoms with E-state index in [4.69, 9.17) is 16.3 Å². The van der Waals surface area contributed by atoms with E-state index in [9.17, 15) is 14.7 Å². The molecule has 5 rings (SSSR count). The fourth-order valence-corrected chi connectivity index (χ4v) is 5.60. The highest BCUT2D eigenvalue weighted by molar-refractivity contribution is 7.17. The second kappa shape index (κ2) is 9.84. The summed E-state index contributed by atoms with van der Waals surface area (Å²) in [6, 6.07) is 21.0. The van der Waals surface area contributed by atoms with Crippen LogP contribution in [-0.4, -0.2) is 28.9 Å². The summed E-state index contributed by atoms with van der Waals surface area (Å²) in [6.45, 7) is 3.61. The van der Waals surface area contributed by atoms with Crippen LogP contribution in [-0.2, 0) is 4.79 Å². The lowest BCUT2D eigenvalue weighted by molar-refractivity contribution is -0.117. The van der Waals surface area contributed by atoms with E-state index in [1.165, 1.54) is 16.2 Å². The van der Waals surface area contributed by atoms with Gasteiger partial charge in [0.25, 0.3) is 5.91 Å². The van der Waals surface area contributed by atoms with E-state index in [2.05, 4.69) is 4.98 Å². The molecule has 3 aromatic carbocycles. The summed E-state index contributed by atoms with van der Waals surface area (Å²) in [4.78, 5) is 33.9. The van der Waals surface area contributed by atoms with E-state index in [0.29, 0.717) is 37.6 Å². The van der Waals surface area contributed by atoms with Gasteiger partial charge in [0.15, 0.2) is 5.76 Å². The molecule has 1 aliphatic heterocycles. The Balaban J connectivity index is 1.65. The first-order chi connectivity index (χ1) is 17.8. The standard InChI is InChI=1S/C29H23ClN2O4S/c1-16-12-13-20(15-22(16)30)32-24(19-10-7-11-21(14-19)36-3)23(26(34)29(32)35)25(33)27-17(2)31-28(37-27)18-8-5-4-6-9-18/h4-15,24,34H,1-3H3. The molecule has 1 atom stereocenters. The number of benzene rings is 3. The molecule has 37 heavy (non-hydrogen) atoms. The smallest absolute Gasteiger partial charge is 0.294 e. The molecular weight excluding hydrogens is 508 g/mol. The third-order valence-corrected chi connectivity index (χ3v) is 7.93. The van der Waals surface area contributed by atoms with Crippen molar-refractivity contribution in [3.05, 3.63) is 111 Å². The number of hydrogen-bond acceptors (Lipinski definition) is 6. The number of aromatic nitrogens is 1. The summed E-state index contributed by atoms with van der Waals surface area (Å²) < 4.78 is 5.40. The van der Waals surface area contributed by atoms with Crippen molar-refractivity contribution in [3.63, 3.8) is 0 Å². The van der Waals surface area contributed by atoms with Crippen molar-refractivity contribution < 1.29 is 19.4 Å². The number of ether oxygens (including phenoxy) is 1. The summed E-state index contributed by atoms with van der Waals surface area (Å²) in [6.07, 6.45) is 0. The van der Waals surface area contributed by atoms with E-state index in [-0.39, 0.29) is 5.57 Å². The van der Waals surface area contributed by atoms with Crippen LogP contribution < -0.4 is 9.64 Å². The third kappa shape index (κ3) is 4.41. The zero-order valence-corrected chi connectivity index (χ0v) is 21.9. The summed E-state index contributed by atoms with van der Waals surface area (Å²) in [7, 11) is 1.54. The van der Waals surface area contributed by atoms with Gasteiger partial charge >= 0.3 is 0 Å². The van der Waals surface area contributed by atoms with E-state index in [0.717, 1.165) is 11.1 Å². The molecule has 0 saturated heterocycles. The molecule has 1 aliphatic rings. The molecule has 0 fully saturated rings. The average molecular weight is 531 g/mol. The molecule has 1 N–H and O–H groups in total. The van der Waals surface area contributed by atoms with Gasteiger partial charge in [-0.2, -0.15) is 0 Å². The quantitative estimate of drug-likeness (QED) is 0.275. The van der Waals surface area contributed by atoms with Crippen molar-refractivity contribution >= 4 is 40.3 Å². The highest BCUT2D eigenvalue weighted by Gasteiger charge is 2.45. The van der Waals surface area contributed by atoms with Crippen molar-refractivity contribution in [2.75, 3.05) is 12.0 Å².